The Morgan fingerprint density at radius 2 is 2.29 bits per heavy atom. The van der Waals surface area contributed by atoms with Crippen LogP contribution in [0.2, 0.25) is 0 Å². The molecule has 0 unspecified atom stereocenters. The van der Waals surface area contributed by atoms with Crippen molar-refractivity contribution in [3.8, 4) is 0 Å². The number of aryl methyl sites for hydroxylation is 1. The van der Waals surface area contributed by atoms with E-state index in [4.69, 9.17) is 5.73 Å². The standard InChI is InChI=1S/C17H24N6O/c1-12-9-15(22-21-12)10-17(24)23-7-2-3-13(6-8-23)20-14-4-5-16(18)19-11-14/h4-5,9,11,13,20H,2-3,6-8,10H2,1H3,(H2,18,19)(H,21,22)/t13-/m1/s1. The van der Waals surface area contributed by atoms with Crippen molar-refractivity contribution in [1.82, 2.24) is 20.1 Å². The lowest BCUT2D eigenvalue weighted by atomic mass is 10.1. The molecular weight excluding hydrogens is 304 g/mol. The molecule has 0 aromatic carbocycles. The fraction of sp³-hybridized carbons (Fsp3) is 0.471. The molecule has 7 heteroatoms. The summed E-state index contributed by atoms with van der Waals surface area (Å²) in [5.74, 6) is 0.670. The maximum Gasteiger partial charge on any atom is 0.228 e. The molecule has 0 bridgehead atoms. The normalized spacial score (nSPS) is 18.2. The van der Waals surface area contributed by atoms with Crippen LogP contribution in [0.3, 0.4) is 0 Å². The van der Waals surface area contributed by atoms with Gasteiger partial charge in [-0.2, -0.15) is 5.10 Å². The van der Waals surface area contributed by atoms with E-state index < -0.39 is 0 Å². The zero-order valence-electron chi connectivity index (χ0n) is 14.0. The summed E-state index contributed by atoms with van der Waals surface area (Å²) in [5, 5.41) is 10.5. The maximum absolute atomic E-state index is 12.5. The van der Waals surface area contributed by atoms with Crippen LogP contribution in [0.1, 0.15) is 30.7 Å². The molecule has 0 spiro atoms. The number of H-pyrrole nitrogens is 1. The highest BCUT2D eigenvalue weighted by molar-refractivity contribution is 5.78. The van der Waals surface area contributed by atoms with Gasteiger partial charge in [0.1, 0.15) is 5.82 Å². The fourth-order valence-corrected chi connectivity index (χ4v) is 3.05. The molecule has 1 saturated heterocycles. The number of carbonyl (C=O) groups is 1. The van der Waals surface area contributed by atoms with Crippen molar-refractivity contribution in [3.05, 3.63) is 35.8 Å². The largest absolute Gasteiger partial charge is 0.384 e. The highest BCUT2D eigenvalue weighted by Crippen LogP contribution is 2.17. The van der Waals surface area contributed by atoms with E-state index in [9.17, 15) is 4.79 Å². The molecule has 2 aromatic rings. The minimum absolute atomic E-state index is 0.149. The smallest absolute Gasteiger partial charge is 0.228 e. The number of carbonyl (C=O) groups excluding carboxylic acids is 1. The second-order valence-corrected chi connectivity index (χ2v) is 6.34. The van der Waals surface area contributed by atoms with Crippen molar-refractivity contribution < 1.29 is 4.79 Å². The summed E-state index contributed by atoms with van der Waals surface area (Å²) in [5.41, 5.74) is 8.37. The molecule has 4 N–H and O–H groups in total. The Morgan fingerprint density at radius 3 is 3.00 bits per heavy atom. The van der Waals surface area contributed by atoms with Gasteiger partial charge in [0, 0.05) is 24.8 Å². The zero-order valence-corrected chi connectivity index (χ0v) is 14.0. The summed E-state index contributed by atoms with van der Waals surface area (Å²) in [6.45, 7) is 3.51. The Bertz CT molecular complexity index is 681. The van der Waals surface area contributed by atoms with Crippen molar-refractivity contribution in [2.45, 2.75) is 38.6 Å². The average molecular weight is 328 g/mol. The summed E-state index contributed by atoms with van der Waals surface area (Å²) in [4.78, 5) is 18.5. The summed E-state index contributed by atoms with van der Waals surface area (Å²) in [6.07, 6.45) is 5.07. The van der Waals surface area contributed by atoms with Crippen molar-refractivity contribution in [2.24, 2.45) is 0 Å². The lowest BCUT2D eigenvalue weighted by Crippen LogP contribution is -2.34. The predicted octanol–water partition coefficient (Wildman–Crippen LogP) is 1.73. The molecule has 3 heterocycles. The van der Waals surface area contributed by atoms with Crippen molar-refractivity contribution >= 4 is 17.4 Å². The van der Waals surface area contributed by atoms with Crippen LogP contribution in [0.15, 0.2) is 24.4 Å². The van der Waals surface area contributed by atoms with Crippen LogP contribution in [-0.4, -0.2) is 45.1 Å². The van der Waals surface area contributed by atoms with Gasteiger partial charge in [-0.3, -0.25) is 9.89 Å². The molecule has 1 aliphatic heterocycles. The third-order valence-electron chi connectivity index (χ3n) is 4.33. The molecule has 24 heavy (non-hydrogen) atoms. The van der Waals surface area contributed by atoms with E-state index in [2.05, 4.69) is 20.5 Å². The number of aromatic nitrogens is 3. The SMILES string of the molecule is Cc1cc(CC(=O)N2CCC[C@@H](Nc3ccc(N)nc3)CC2)n[nH]1. The second-order valence-electron chi connectivity index (χ2n) is 6.34. The molecule has 7 nitrogen and oxygen atoms in total. The van der Waals surface area contributed by atoms with E-state index >= 15 is 0 Å². The van der Waals surface area contributed by atoms with Crippen LogP contribution in [0.25, 0.3) is 0 Å². The first-order chi connectivity index (χ1) is 11.6. The van der Waals surface area contributed by atoms with Gasteiger partial charge in [0.2, 0.25) is 5.91 Å². The average Bonchev–Trinajstić information content (AvgIpc) is 2.83. The minimum Gasteiger partial charge on any atom is -0.384 e. The van der Waals surface area contributed by atoms with Crippen LogP contribution < -0.4 is 11.1 Å². The molecule has 0 radical (unpaired) electrons. The van der Waals surface area contributed by atoms with Gasteiger partial charge in [-0.05, 0) is 44.4 Å². The van der Waals surface area contributed by atoms with Crippen LogP contribution >= 0.6 is 0 Å². The number of aromatic amines is 1. The topological polar surface area (TPSA) is 99.9 Å². The molecule has 3 rings (SSSR count). The first-order valence-electron chi connectivity index (χ1n) is 8.37. The number of rotatable bonds is 4. The van der Waals surface area contributed by atoms with Gasteiger partial charge < -0.3 is 16.0 Å². The number of nitrogens with two attached hydrogens (primary N) is 1. The Hall–Kier alpha value is -2.57. The number of nitrogens with zero attached hydrogens (tertiary/aromatic N) is 3. The van der Waals surface area contributed by atoms with Crippen molar-refractivity contribution in [3.63, 3.8) is 0 Å². The van der Waals surface area contributed by atoms with Gasteiger partial charge >= 0.3 is 0 Å². The molecule has 1 aliphatic rings. The first kappa shape index (κ1) is 16.3. The minimum atomic E-state index is 0.149. The number of nitrogens with one attached hydrogen (secondary N) is 2. The number of hydrogen-bond donors (Lipinski definition) is 3. The second kappa shape index (κ2) is 7.33. The van der Waals surface area contributed by atoms with Crippen LogP contribution in [0, 0.1) is 6.92 Å². The van der Waals surface area contributed by atoms with Gasteiger partial charge in [0.15, 0.2) is 0 Å². The van der Waals surface area contributed by atoms with Gasteiger partial charge in [0.05, 0.1) is 24.0 Å². The van der Waals surface area contributed by atoms with E-state index in [0.29, 0.717) is 18.3 Å². The number of amides is 1. The highest BCUT2D eigenvalue weighted by Gasteiger charge is 2.21. The van der Waals surface area contributed by atoms with E-state index in [0.717, 1.165) is 49.4 Å². The van der Waals surface area contributed by atoms with Crippen LogP contribution in [0.4, 0.5) is 11.5 Å². The molecule has 2 aromatic heterocycles. The zero-order chi connectivity index (χ0) is 16.9. The van der Waals surface area contributed by atoms with Gasteiger partial charge in [-0.1, -0.05) is 0 Å². The summed E-state index contributed by atoms with van der Waals surface area (Å²) >= 11 is 0. The van der Waals surface area contributed by atoms with E-state index in [-0.39, 0.29) is 5.91 Å². The Morgan fingerprint density at radius 1 is 1.42 bits per heavy atom. The lowest BCUT2D eigenvalue weighted by molar-refractivity contribution is -0.130. The van der Waals surface area contributed by atoms with Gasteiger partial charge in [-0.25, -0.2) is 4.98 Å². The lowest BCUT2D eigenvalue weighted by Gasteiger charge is -2.21. The molecule has 128 valence electrons. The van der Waals surface area contributed by atoms with Gasteiger partial charge in [0.25, 0.3) is 0 Å². The third kappa shape index (κ3) is 4.24. The fourth-order valence-electron chi connectivity index (χ4n) is 3.05. The Balaban J connectivity index is 1.52. The third-order valence-corrected chi connectivity index (χ3v) is 4.33. The highest BCUT2D eigenvalue weighted by atomic mass is 16.2. The Kier molecular flexibility index (Phi) is 4.98. The number of nitrogen functional groups attached to an aromatic ring is 1. The van der Waals surface area contributed by atoms with E-state index in [1.165, 1.54) is 0 Å². The monoisotopic (exact) mass is 328 g/mol. The number of anilines is 2. The van der Waals surface area contributed by atoms with E-state index in [1.807, 2.05) is 24.0 Å². The first-order valence-corrected chi connectivity index (χ1v) is 8.37. The van der Waals surface area contributed by atoms with E-state index in [1.54, 1.807) is 12.3 Å². The number of pyridine rings is 1. The van der Waals surface area contributed by atoms with Gasteiger partial charge in [-0.15, -0.1) is 0 Å². The molecule has 1 fully saturated rings. The summed E-state index contributed by atoms with van der Waals surface area (Å²) in [6, 6.07) is 6.01. The number of likely N-dealkylation sites (tertiary alicyclic amines) is 1. The molecular formula is C17H24N6O. The predicted molar refractivity (Wildman–Crippen MR) is 93.5 cm³/mol. The molecule has 0 aliphatic carbocycles. The Labute approximate surface area is 141 Å². The molecule has 1 amide bonds. The maximum atomic E-state index is 12.5. The van der Waals surface area contributed by atoms with Crippen molar-refractivity contribution in [2.75, 3.05) is 24.1 Å². The number of hydrogen-bond acceptors (Lipinski definition) is 5. The summed E-state index contributed by atoms with van der Waals surface area (Å²) in [7, 11) is 0. The van der Waals surface area contributed by atoms with Crippen LogP contribution in [0.5, 0.6) is 0 Å². The quantitative estimate of drug-likeness (QED) is 0.794. The van der Waals surface area contributed by atoms with Crippen molar-refractivity contribution in [1.29, 1.82) is 0 Å². The molecule has 1 atom stereocenters. The van der Waals surface area contributed by atoms with Crippen LogP contribution in [-0.2, 0) is 11.2 Å². The summed E-state index contributed by atoms with van der Waals surface area (Å²) < 4.78 is 0. The molecule has 0 saturated carbocycles.